The highest BCUT2D eigenvalue weighted by Crippen LogP contribution is 2.43. The molecule has 3 aromatic rings. The van der Waals surface area contributed by atoms with E-state index in [2.05, 4.69) is 60.7 Å². The normalized spacial score (nSPS) is 15.7. The molecule has 0 saturated heterocycles. The predicted octanol–water partition coefficient (Wildman–Crippen LogP) is 6.41. The summed E-state index contributed by atoms with van der Waals surface area (Å²) in [5, 5.41) is 0. The summed E-state index contributed by atoms with van der Waals surface area (Å²) in [5.74, 6) is 2.74. The lowest BCUT2D eigenvalue weighted by atomic mass is 9.88. The standard InChI is InChI=1S/C28H31NO3S/c1-20(29(2)3)32-24-15-11-22(12-16-24)28(21-9-13-23(14-10-21)31-19-30-4)26-17-18-33-27-8-6-5-7-25(26)27/h5-16,20H,17-19H2,1-4H3. The second-order valence-electron chi connectivity index (χ2n) is 8.23. The van der Waals surface area contributed by atoms with Crippen LogP contribution < -0.4 is 9.47 Å². The highest BCUT2D eigenvalue weighted by atomic mass is 32.2. The van der Waals surface area contributed by atoms with Crippen LogP contribution in [0, 0.1) is 0 Å². The number of fused-ring (bicyclic) bond motifs is 1. The molecule has 0 aliphatic carbocycles. The van der Waals surface area contributed by atoms with Crippen LogP contribution in [0.3, 0.4) is 0 Å². The van der Waals surface area contributed by atoms with E-state index in [0.717, 1.165) is 23.7 Å². The van der Waals surface area contributed by atoms with Crippen LogP contribution in [0.2, 0.25) is 0 Å². The van der Waals surface area contributed by atoms with Crippen molar-refractivity contribution in [2.75, 3.05) is 33.8 Å². The molecule has 0 saturated carbocycles. The summed E-state index contributed by atoms with van der Waals surface area (Å²) in [4.78, 5) is 3.39. The smallest absolute Gasteiger partial charge is 0.188 e. The lowest BCUT2D eigenvalue weighted by Gasteiger charge is -2.24. The molecule has 1 heterocycles. The van der Waals surface area contributed by atoms with Crippen LogP contribution in [-0.4, -0.2) is 44.9 Å². The van der Waals surface area contributed by atoms with Gasteiger partial charge < -0.3 is 14.2 Å². The molecule has 172 valence electrons. The minimum atomic E-state index is 0.00978. The van der Waals surface area contributed by atoms with Gasteiger partial charge in [-0.15, -0.1) is 11.8 Å². The summed E-state index contributed by atoms with van der Waals surface area (Å²) in [6.45, 7) is 2.29. The molecule has 3 aromatic carbocycles. The number of ether oxygens (including phenoxy) is 3. The third kappa shape index (κ3) is 5.61. The van der Waals surface area contributed by atoms with Crippen molar-refractivity contribution in [1.29, 1.82) is 0 Å². The van der Waals surface area contributed by atoms with Gasteiger partial charge >= 0.3 is 0 Å². The fraction of sp³-hybridized carbons (Fsp3) is 0.286. The van der Waals surface area contributed by atoms with E-state index >= 15 is 0 Å². The molecule has 0 aromatic heterocycles. The molecule has 1 unspecified atom stereocenters. The first-order valence-electron chi connectivity index (χ1n) is 11.2. The second kappa shape index (κ2) is 10.9. The summed E-state index contributed by atoms with van der Waals surface area (Å²) in [6, 6.07) is 25.5. The number of nitrogens with zero attached hydrogens (tertiary/aromatic N) is 1. The summed E-state index contributed by atoms with van der Waals surface area (Å²) in [6.07, 6.45) is 1.03. The summed E-state index contributed by atoms with van der Waals surface area (Å²) < 4.78 is 16.7. The van der Waals surface area contributed by atoms with Gasteiger partial charge in [-0.3, -0.25) is 4.90 Å². The number of thioether (sulfide) groups is 1. The molecule has 0 spiro atoms. The number of hydrogen-bond acceptors (Lipinski definition) is 5. The number of methoxy groups -OCH3 is 1. The van der Waals surface area contributed by atoms with E-state index in [0.29, 0.717) is 0 Å². The van der Waals surface area contributed by atoms with Crippen molar-refractivity contribution in [2.45, 2.75) is 24.5 Å². The molecule has 33 heavy (non-hydrogen) atoms. The summed E-state index contributed by atoms with van der Waals surface area (Å²) in [7, 11) is 5.66. The lowest BCUT2D eigenvalue weighted by molar-refractivity contribution is 0.0511. The SMILES string of the molecule is COCOc1ccc(C(=C2CCSc3ccccc32)c2ccc(OC(C)N(C)C)cc2)cc1. The zero-order valence-corrected chi connectivity index (χ0v) is 20.5. The molecule has 0 amide bonds. The van der Waals surface area contributed by atoms with Gasteiger partial charge in [0.15, 0.2) is 6.79 Å². The van der Waals surface area contributed by atoms with E-state index in [1.54, 1.807) is 7.11 Å². The van der Waals surface area contributed by atoms with E-state index in [1.807, 2.05) is 49.8 Å². The maximum Gasteiger partial charge on any atom is 0.188 e. The van der Waals surface area contributed by atoms with Gasteiger partial charge in [0.2, 0.25) is 0 Å². The molecule has 1 aliphatic rings. The zero-order chi connectivity index (χ0) is 23.2. The van der Waals surface area contributed by atoms with Crippen molar-refractivity contribution in [2.24, 2.45) is 0 Å². The molecular formula is C28H31NO3S. The van der Waals surface area contributed by atoms with E-state index in [4.69, 9.17) is 14.2 Å². The Morgan fingerprint density at radius 1 is 0.909 bits per heavy atom. The van der Waals surface area contributed by atoms with Crippen LogP contribution in [0.25, 0.3) is 11.1 Å². The molecule has 4 rings (SSSR count). The van der Waals surface area contributed by atoms with Crippen molar-refractivity contribution < 1.29 is 14.2 Å². The first-order chi connectivity index (χ1) is 16.1. The van der Waals surface area contributed by atoms with Crippen LogP contribution in [0.5, 0.6) is 11.5 Å². The van der Waals surface area contributed by atoms with Crippen LogP contribution in [0.1, 0.15) is 30.0 Å². The predicted molar refractivity (Wildman–Crippen MR) is 137 cm³/mol. The molecule has 4 nitrogen and oxygen atoms in total. The number of hydrogen-bond donors (Lipinski definition) is 0. The van der Waals surface area contributed by atoms with E-state index in [9.17, 15) is 0 Å². The van der Waals surface area contributed by atoms with Gasteiger partial charge in [0, 0.05) is 17.8 Å². The van der Waals surface area contributed by atoms with Gasteiger partial charge in [0.25, 0.3) is 0 Å². The van der Waals surface area contributed by atoms with Crippen molar-refractivity contribution in [3.63, 3.8) is 0 Å². The van der Waals surface area contributed by atoms with Crippen LogP contribution in [0.15, 0.2) is 77.7 Å². The minimum Gasteiger partial charge on any atom is -0.475 e. The zero-order valence-electron chi connectivity index (χ0n) is 19.7. The van der Waals surface area contributed by atoms with E-state index in [-0.39, 0.29) is 13.0 Å². The molecule has 0 N–H and O–H groups in total. The average Bonchev–Trinajstić information content (AvgIpc) is 2.85. The van der Waals surface area contributed by atoms with Crippen LogP contribution >= 0.6 is 11.8 Å². The number of allylic oxidation sites excluding steroid dienone is 1. The summed E-state index contributed by atoms with van der Waals surface area (Å²) in [5.41, 5.74) is 6.32. The van der Waals surface area contributed by atoms with Gasteiger partial charge in [-0.05, 0) is 85.6 Å². The Morgan fingerprint density at radius 2 is 1.55 bits per heavy atom. The van der Waals surface area contributed by atoms with Gasteiger partial charge in [-0.2, -0.15) is 0 Å². The second-order valence-corrected chi connectivity index (χ2v) is 9.37. The molecule has 1 aliphatic heterocycles. The van der Waals surface area contributed by atoms with Gasteiger partial charge in [0.1, 0.15) is 17.7 Å². The van der Waals surface area contributed by atoms with Gasteiger partial charge in [-0.25, -0.2) is 0 Å². The van der Waals surface area contributed by atoms with Gasteiger partial charge in [0.05, 0.1) is 0 Å². The van der Waals surface area contributed by atoms with Crippen molar-refractivity contribution >= 4 is 22.9 Å². The molecule has 0 radical (unpaired) electrons. The summed E-state index contributed by atoms with van der Waals surface area (Å²) >= 11 is 1.93. The monoisotopic (exact) mass is 461 g/mol. The molecular weight excluding hydrogens is 430 g/mol. The quantitative estimate of drug-likeness (QED) is 0.362. The maximum absolute atomic E-state index is 6.05. The Labute approximate surface area is 201 Å². The molecule has 5 heteroatoms. The minimum absolute atomic E-state index is 0.00978. The van der Waals surface area contributed by atoms with Crippen molar-refractivity contribution in [1.82, 2.24) is 4.90 Å². The van der Waals surface area contributed by atoms with E-state index in [1.165, 1.54) is 32.7 Å². The Bertz CT molecular complexity index is 1090. The fourth-order valence-electron chi connectivity index (χ4n) is 3.86. The first kappa shape index (κ1) is 23.4. The topological polar surface area (TPSA) is 30.9 Å². The lowest BCUT2D eigenvalue weighted by Crippen LogP contribution is -2.30. The largest absolute Gasteiger partial charge is 0.475 e. The van der Waals surface area contributed by atoms with E-state index < -0.39 is 0 Å². The maximum atomic E-state index is 6.05. The third-order valence-electron chi connectivity index (χ3n) is 5.79. The Kier molecular flexibility index (Phi) is 7.76. The van der Waals surface area contributed by atoms with Crippen molar-refractivity contribution in [3.8, 4) is 11.5 Å². The molecule has 0 bridgehead atoms. The van der Waals surface area contributed by atoms with Crippen LogP contribution in [-0.2, 0) is 4.74 Å². The average molecular weight is 462 g/mol. The van der Waals surface area contributed by atoms with Crippen LogP contribution in [0.4, 0.5) is 0 Å². The first-order valence-corrected chi connectivity index (χ1v) is 12.2. The Balaban J connectivity index is 1.76. The Hall–Kier alpha value is -2.73. The molecule has 0 fully saturated rings. The fourth-order valence-corrected chi connectivity index (χ4v) is 4.91. The molecule has 1 atom stereocenters. The number of rotatable bonds is 8. The Morgan fingerprint density at radius 3 is 2.18 bits per heavy atom. The highest BCUT2D eigenvalue weighted by molar-refractivity contribution is 7.99. The highest BCUT2D eigenvalue weighted by Gasteiger charge is 2.20. The number of benzene rings is 3. The van der Waals surface area contributed by atoms with Gasteiger partial charge in [-0.1, -0.05) is 42.5 Å². The van der Waals surface area contributed by atoms with Crippen molar-refractivity contribution in [3.05, 3.63) is 89.5 Å². The third-order valence-corrected chi connectivity index (χ3v) is 6.86.